The van der Waals surface area contributed by atoms with Gasteiger partial charge in [0.2, 0.25) is 11.8 Å². The lowest BCUT2D eigenvalue weighted by Gasteiger charge is -2.04. The van der Waals surface area contributed by atoms with Crippen LogP contribution in [0.4, 0.5) is 0 Å². The van der Waals surface area contributed by atoms with Crippen LogP contribution in [-0.2, 0) is 9.59 Å². The summed E-state index contributed by atoms with van der Waals surface area (Å²) >= 11 is 0. The maximum Gasteiger partial charge on any atom is 0.233 e. The summed E-state index contributed by atoms with van der Waals surface area (Å²) in [7, 11) is 5.01. The van der Waals surface area contributed by atoms with Crippen LogP contribution in [0.25, 0.3) is 0 Å². The van der Waals surface area contributed by atoms with Crippen molar-refractivity contribution in [1.82, 2.24) is 4.90 Å². The lowest BCUT2D eigenvalue weighted by molar-refractivity contribution is -0.135. The molecule has 0 aromatic carbocycles. The van der Waals surface area contributed by atoms with Gasteiger partial charge in [-0.1, -0.05) is 0 Å². The van der Waals surface area contributed by atoms with Crippen molar-refractivity contribution in [2.24, 2.45) is 0 Å². The summed E-state index contributed by atoms with van der Waals surface area (Å²) < 4.78 is 0. The highest BCUT2D eigenvalue weighted by Crippen LogP contribution is 2.10. The third kappa shape index (κ3) is 1.10. The number of nitrogens with zero attached hydrogens (tertiary/aromatic N) is 1. The van der Waals surface area contributed by atoms with E-state index in [0.717, 1.165) is 4.90 Å². The number of hydrogen-bond donors (Lipinski definition) is 0. The van der Waals surface area contributed by atoms with Crippen LogP contribution >= 0.6 is 0 Å². The Morgan fingerprint density at radius 3 is 2.20 bits per heavy atom. The van der Waals surface area contributed by atoms with Gasteiger partial charge in [-0.25, -0.2) is 0 Å². The average molecular weight is 135 g/mol. The molecular weight excluding hydrogens is 129 g/mol. The summed E-state index contributed by atoms with van der Waals surface area (Å²) in [4.78, 5) is 22.6. The summed E-state index contributed by atoms with van der Waals surface area (Å²) in [6, 6.07) is 0. The standard InChI is InChI=1S/C6H6BNO2/c7-3-4-8-5(9)1-2-6(8)10/h3-4H,1-2H2/b4-3+. The molecule has 0 saturated carbocycles. The third-order valence-corrected chi connectivity index (χ3v) is 1.33. The third-order valence-electron chi connectivity index (χ3n) is 1.33. The molecule has 1 aliphatic heterocycles. The van der Waals surface area contributed by atoms with Crippen molar-refractivity contribution in [3.8, 4) is 0 Å². The molecule has 0 N–H and O–H groups in total. The topological polar surface area (TPSA) is 37.4 Å². The van der Waals surface area contributed by atoms with Gasteiger partial charge in [0, 0.05) is 19.0 Å². The van der Waals surface area contributed by atoms with Gasteiger partial charge >= 0.3 is 0 Å². The van der Waals surface area contributed by atoms with E-state index in [0.29, 0.717) is 12.8 Å². The normalized spacial score (nSPS) is 19.4. The molecule has 0 aromatic rings. The molecular formula is C6H6BNO2. The predicted octanol–water partition coefficient (Wildman–Crippen LogP) is -0.225. The Bertz CT molecular complexity index is 184. The van der Waals surface area contributed by atoms with Crippen molar-refractivity contribution in [3.63, 3.8) is 0 Å². The van der Waals surface area contributed by atoms with Crippen molar-refractivity contribution in [3.05, 3.63) is 12.2 Å². The molecule has 0 spiro atoms. The minimum Gasteiger partial charge on any atom is -0.274 e. The van der Waals surface area contributed by atoms with Crippen LogP contribution < -0.4 is 0 Å². The number of likely N-dealkylation sites (tertiary alicyclic amines) is 1. The molecule has 0 bridgehead atoms. The zero-order valence-corrected chi connectivity index (χ0v) is 5.41. The molecule has 2 amide bonds. The zero-order valence-electron chi connectivity index (χ0n) is 5.41. The van der Waals surface area contributed by atoms with Crippen LogP contribution in [0.15, 0.2) is 12.2 Å². The molecule has 0 unspecified atom stereocenters. The summed E-state index contributed by atoms with van der Waals surface area (Å²) in [5.41, 5.74) is 0. The Morgan fingerprint density at radius 1 is 1.30 bits per heavy atom. The van der Waals surface area contributed by atoms with E-state index in [1.807, 2.05) is 0 Å². The van der Waals surface area contributed by atoms with E-state index in [1.54, 1.807) is 0 Å². The molecule has 1 fully saturated rings. The Balaban J connectivity index is 2.72. The zero-order chi connectivity index (χ0) is 7.56. The van der Waals surface area contributed by atoms with Gasteiger partial charge < -0.3 is 0 Å². The summed E-state index contributed by atoms with van der Waals surface area (Å²) in [5, 5.41) is 0. The molecule has 0 aromatic heterocycles. The quantitative estimate of drug-likeness (QED) is 0.368. The van der Waals surface area contributed by atoms with Gasteiger partial charge in [-0.2, -0.15) is 0 Å². The highest BCUT2D eigenvalue weighted by atomic mass is 16.2. The van der Waals surface area contributed by atoms with Gasteiger partial charge in [-0.3, -0.25) is 14.5 Å². The van der Waals surface area contributed by atoms with Gasteiger partial charge in [0.25, 0.3) is 0 Å². The smallest absolute Gasteiger partial charge is 0.233 e. The van der Waals surface area contributed by atoms with Crippen molar-refractivity contribution < 1.29 is 9.59 Å². The Hall–Kier alpha value is -1.06. The first-order chi connectivity index (χ1) is 4.75. The summed E-state index contributed by atoms with van der Waals surface area (Å²) in [6.07, 6.45) is 1.91. The minimum absolute atomic E-state index is 0.174. The average Bonchev–Trinajstić information content (AvgIpc) is 2.20. The molecule has 3 nitrogen and oxygen atoms in total. The van der Waals surface area contributed by atoms with E-state index in [9.17, 15) is 9.59 Å². The minimum atomic E-state index is -0.174. The molecule has 50 valence electrons. The lowest BCUT2D eigenvalue weighted by atomic mass is 10.2. The number of imide groups is 1. The molecule has 4 heteroatoms. The van der Waals surface area contributed by atoms with Gasteiger partial charge in [-0.05, 0) is 0 Å². The largest absolute Gasteiger partial charge is 0.274 e. The number of hydrogen-bond acceptors (Lipinski definition) is 2. The second-order valence-corrected chi connectivity index (χ2v) is 2.00. The van der Waals surface area contributed by atoms with E-state index < -0.39 is 0 Å². The van der Waals surface area contributed by atoms with E-state index in [2.05, 4.69) is 0 Å². The second kappa shape index (κ2) is 2.69. The predicted molar refractivity (Wildman–Crippen MR) is 36.0 cm³/mol. The van der Waals surface area contributed by atoms with E-state index >= 15 is 0 Å². The fraction of sp³-hybridized carbons (Fsp3) is 0.333. The number of rotatable bonds is 1. The number of carbonyl (C=O) groups is 2. The van der Waals surface area contributed by atoms with Crippen molar-refractivity contribution >= 4 is 19.7 Å². The van der Waals surface area contributed by atoms with Gasteiger partial charge in [0.15, 0.2) is 0 Å². The lowest BCUT2D eigenvalue weighted by Crippen LogP contribution is -2.22. The molecule has 0 atom stereocenters. The van der Waals surface area contributed by atoms with Crippen LogP contribution in [0.3, 0.4) is 0 Å². The van der Waals surface area contributed by atoms with E-state index in [4.69, 9.17) is 7.85 Å². The summed E-state index contributed by atoms with van der Waals surface area (Å²) in [6.45, 7) is 0. The van der Waals surface area contributed by atoms with Gasteiger partial charge in [0.1, 0.15) is 7.85 Å². The Labute approximate surface area is 60.1 Å². The van der Waals surface area contributed by atoms with Crippen molar-refractivity contribution in [2.45, 2.75) is 12.8 Å². The fourth-order valence-electron chi connectivity index (χ4n) is 0.846. The molecule has 10 heavy (non-hydrogen) atoms. The maximum atomic E-state index is 10.8. The SMILES string of the molecule is [B]/C=C/N1C(=O)CCC1=O. The highest BCUT2D eigenvalue weighted by molar-refractivity contribution is 6.17. The highest BCUT2D eigenvalue weighted by Gasteiger charge is 2.26. The first-order valence-corrected chi connectivity index (χ1v) is 2.99. The molecule has 1 heterocycles. The Morgan fingerprint density at radius 2 is 1.80 bits per heavy atom. The first kappa shape index (κ1) is 7.06. The van der Waals surface area contributed by atoms with E-state index in [1.165, 1.54) is 12.2 Å². The van der Waals surface area contributed by atoms with Crippen LogP contribution in [0.1, 0.15) is 12.8 Å². The van der Waals surface area contributed by atoms with Crippen LogP contribution in [0.2, 0.25) is 0 Å². The molecule has 2 radical (unpaired) electrons. The van der Waals surface area contributed by atoms with Crippen LogP contribution in [0, 0.1) is 0 Å². The molecule has 1 saturated heterocycles. The molecule has 1 rings (SSSR count). The van der Waals surface area contributed by atoms with E-state index in [-0.39, 0.29) is 11.8 Å². The number of amides is 2. The van der Waals surface area contributed by atoms with Crippen molar-refractivity contribution in [2.75, 3.05) is 0 Å². The second-order valence-electron chi connectivity index (χ2n) is 2.00. The first-order valence-electron chi connectivity index (χ1n) is 2.99. The van der Waals surface area contributed by atoms with Crippen LogP contribution in [-0.4, -0.2) is 24.6 Å². The van der Waals surface area contributed by atoms with Gasteiger partial charge in [-0.15, -0.1) is 5.98 Å². The molecule has 0 aliphatic carbocycles. The Kier molecular flexibility index (Phi) is 1.90. The maximum absolute atomic E-state index is 10.8. The number of carbonyl (C=O) groups excluding carboxylic acids is 2. The van der Waals surface area contributed by atoms with Crippen molar-refractivity contribution in [1.29, 1.82) is 0 Å². The summed E-state index contributed by atoms with van der Waals surface area (Å²) in [5.74, 6) is 0.833. The van der Waals surface area contributed by atoms with Crippen LogP contribution in [0.5, 0.6) is 0 Å². The molecule has 1 aliphatic rings. The fourth-order valence-corrected chi connectivity index (χ4v) is 0.846. The monoisotopic (exact) mass is 135 g/mol. The van der Waals surface area contributed by atoms with Gasteiger partial charge in [0.05, 0.1) is 0 Å².